The fraction of sp³-hybridized carbons (Fsp3) is 0.483. The van der Waals surface area contributed by atoms with Crippen molar-refractivity contribution in [1.82, 2.24) is 0 Å². The first kappa shape index (κ1) is 34.4. The van der Waals surface area contributed by atoms with Crippen molar-refractivity contribution >= 4 is 11.0 Å². The molecule has 10 N–H and O–H groups in total. The number of rotatable bonds is 9. The summed E-state index contributed by atoms with van der Waals surface area (Å²) in [4.78, 5) is 14.1. The number of aromatic hydroxyl groups is 2. The summed E-state index contributed by atoms with van der Waals surface area (Å²) in [7, 11) is 2.40. The third kappa shape index (κ3) is 6.11. The highest BCUT2D eigenvalue weighted by atomic mass is 16.7. The molecule has 0 saturated carbocycles. The van der Waals surface area contributed by atoms with Crippen LogP contribution in [0.2, 0.25) is 0 Å². The van der Waals surface area contributed by atoms with Crippen LogP contribution in [0.15, 0.2) is 33.5 Å². The fourth-order valence-electron chi connectivity index (χ4n) is 5.25. The second-order valence-corrected chi connectivity index (χ2v) is 10.7. The first-order valence-corrected chi connectivity index (χ1v) is 14.1. The van der Waals surface area contributed by atoms with Gasteiger partial charge in [-0.25, -0.2) is 0 Å². The van der Waals surface area contributed by atoms with Crippen LogP contribution in [0.1, 0.15) is 0 Å². The van der Waals surface area contributed by atoms with Gasteiger partial charge in [-0.05, 0) is 18.2 Å². The monoisotopic (exact) mass is 670 g/mol. The van der Waals surface area contributed by atoms with Gasteiger partial charge in [0.15, 0.2) is 28.6 Å². The highest BCUT2D eigenvalue weighted by molar-refractivity contribution is 5.93. The van der Waals surface area contributed by atoms with Gasteiger partial charge < -0.3 is 83.9 Å². The molecule has 0 unspecified atom stereocenters. The maximum Gasteiger partial charge on any atom is 0.239 e. The fourth-order valence-corrected chi connectivity index (χ4v) is 5.25. The van der Waals surface area contributed by atoms with E-state index in [9.17, 15) is 55.9 Å². The predicted molar refractivity (Wildman–Crippen MR) is 153 cm³/mol. The molecule has 0 radical (unpaired) electrons. The van der Waals surface area contributed by atoms with Crippen LogP contribution in [-0.2, 0) is 9.47 Å². The predicted octanol–water partition coefficient (Wildman–Crippen LogP) is -2.75. The Bertz CT molecular complexity index is 1640. The van der Waals surface area contributed by atoms with Gasteiger partial charge in [-0.3, -0.25) is 4.79 Å². The van der Waals surface area contributed by atoms with E-state index in [2.05, 4.69) is 0 Å². The van der Waals surface area contributed by atoms with Gasteiger partial charge >= 0.3 is 0 Å². The summed E-state index contributed by atoms with van der Waals surface area (Å²) < 4.78 is 38.8. The van der Waals surface area contributed by atoms with Crippen molar-refractivity contribution in [2.45, 2.75) is 61.4 Å². The second-order valence-electron chi connectivity index (χ2n) is 10.7. The van der Waals surface area contributed by atoms with E-state index in [0.717, 1.165) is 13.2 Å². The summed E-state index contributed by atoms with van der Waals surface area (Å²) in [6.07, 6.45) is -17.2. The molecule has 5 rings (SSSR count). The number of phenolic OH excluding ortho intramolecular Hbond substituents is 2. The maximum absolute atomic E-state index is 14.1. The number of methoxy groups -OCH3 is 2. The Morgan fingerprint density at radius 2 is 1.26 bits per heavy atom. The lowest BCUT2D eigenvalue weighted by atomic mass is 9.99. The molecule has 10 atom stereocenters. The number of benzene rings is 2. The molecular weight excluding hydrogens is 636 g/mol. The minimum Gasteiger partial charge on any atom is -0.507 e. The SMILES string of the molecule is COc1cc(-c2oc3c(OC)c(O[C@@H]4O[C@@H](CO)[C@@H](O)[C@H](O)[C@H]4O)cc(O)c3c(=O)c2O[C@@H]2O[C@@H](CO)[C@@H](O)[C@@H](O)[C@@H]2O)ccc1O. The zero-order chi connectivity index (χ0) is 34.3. The van der Waals surface area contributed by atoms with Crippen LogP contribution in [0.3, 0.4) is 0 Å². The topological polar surface area (TPSA) is 288 Å². The minimum atomic E-state index is -1.94. The molecule has 0 spiro atoms. The van der Waals surface area contributed by atoms with Crippen molar-refractivity contribution in [2.75, 3.05) is 27.4 Å². The molecule has 1 aromatic heterocycles. The molecule has 18 nitrogen and oxygen atoms in total. The van der Waals surface area contributed by atoms with Gasteiger partial charge in [0.25, 0.3) is 0 Å². The zero-order valence-electron chi connectivity index (χ0n) is 24.7. The van der Waals surface area contributed by atoms with Crippen LogP contribution in [0.25, 0.3) is 22.3 Å². The van der Waals surface area contributed by atoms with Crippen molar-refractivity contribution in [1.29, 1.82) is 0 Å². The molecule has 18 heteroatoms. The first-order valence-electron chi connectivity index (χ1n) is 14.1. The summed E-state index contributed by atoms with van der Waals surface area (Å²) in [5, 5.41) is 102. The summed E-state index contributed by atoms with van der Waals surface area (Å²) in [6, 6.07) is 4.63. The Hall–Kier alpha value is -3.95. The number of fused-ring (bicyclic) bond motifs is 1. The Labute approximate surface area is 264 Å². The summed E-state index contributed by atoms with van der Waals surface area (Å²) in [6.45, 7) is -1.55. The second kappa shape index (κ2) is 13.6. The smallest absolute Gasteiger partial charge is 0.239 e. The van der Waals surface area contributed by atoms with Gasteiger partial charge in [-0.1, -0.05) is 0 Å². The molecule has 0 amide bonds. The largest absolute Gasteiger partial charge is 0.507 e. The summed E-state index contributed by atoms with van der Waals surface area (Å²) in [5.41, 5.74) is -1.51. The Kier molecular flexibility index (Phi) is 9.99. The van der Waals surface area contributed by atoms with Crippen LogP contribution in [0.4, 0.5) is 0 Å². The molecule has 3 aromatic rings. The van der Waals surface area contributed by atoms with Gasteiger partial charge in [0.05, 0.1) is 27.4 Å². The van der Waals surface area contributed by atoms with E-state index in [1.807, 2.05) is 0 Å². The van der Waals surface area contributed by atoms with Gasteiger partial charge in [0.2, 0.25) is 29.5 Å². The molecule has 2 aliphatic rings. The highest BCUT2D eigenvalue weighted by Gasteiger charge is 2.47. The number of aliphatic hydroxyl groups is 8. The molecule has 2 aromatic carbocycles. The Morgan fingerprint density at radius 3 is 1.79 bits per heavy atom. The lowest BCUT2D eigenvalue weighted by Gasteiger charge is -2.39. The zero-order valence-corrected chi connectivity index (χ0v) is 24.7. The maximum atomic E-state index is 14.1. The van der Waals surface area contributed by atoms with Crippen LogP contribution in [-0.4, -0.2) is 140 Å². The van der Waals surface area contributed by atoms with E-state index >= 15 is 0 Å². The molecule has 0 bridgehead atoms. The van der Waals surface area contributed by atoms with E-state index in [4.69, 9.17) is 32.8 Å². The molecule has 2 saturated heterocycles. The summed E-state index contributed by atoms with van der Waals surface area (Å²) in [5.74, 6) is -3.00. The highest BCUT2D eigenvalue weighted by Crippen LogP contribution is 2.45. The molecule has 2 aliphatic heterocycles. The number of aliphatic hydroxyl groups excluding tert-OH is 8. The third-order valence-corrected chi connectivity index (χ3v) is 7.84. The van der Waals surface area contributed by atoms with E-state index in [1.54, 1.807) is 0 Å². The van der Waals surface area contributed by atoms with E-state index in [-0.39, 0.29) is 28.6 Å². The molecule has 0 aliphatic carbocycles. The van der Waals surface area contributed by atoms with Gasteiger partial charge in [0.1, 0.15) is 60.0 Å². The molecule has 3 heterocycles. The van der Waals surface area contributed by atoms with Crippen molar-refractivity contribution in [3.8, 4) is 45.8 Å². The molecule has 258 valence electrons. The lowest BCUT2D eigenvalue weighted by Crippen LogP contribution is -2.60. The third-order valence-electron chi connectivity index (χ3n) is 7.84. The van der Waals surface area contributed by atoms with Gasteiger partial charge in [0, 0.05) is 11.6 Å². The van der Waals surface area contributed by atoms with Gasteiger partial charge in [-0.2, -0.15) is 0 Å². The number of hydrogen-bond donors (Lipinski definition) is 10. The first-order chi connectivity index (χ1) is 22.4. The van der Waals surface area contributed by atoms with E-state index in [0.29, 0.717) is 0 Å². The van der Waals surface area contributed by atoms with Crippen LogP contribution in [0.5, 0.6) is 34.5 Å². The number of ether oxygens (including phenoxy) is 6. The quantitative estimate of drug-likeness (QED) is 0.110. The standard InChI is InChI=1S/C29H34O18/c1-41-12-5-9(3-4-10(12)32)24-27(47-29-23(40)21(38)18(35)15(8-31)45-29)19(36)16-11(33)6-13(25(42-2)26(16)46-24)43-28-22(39)20(37)17(34)14(7-30)44-28/h3-6,14-15,17-18,20-23,28-35,37-40H,7-8H2,1-2H3/t14-,15-,17+,18+,20-,21+,22+,23-,28+,29-/m0/s1. The van der Waals surface area contributed by atoms with Crippen LogP contribution in [0, 0.1) is 0 Å². The van der Waals surface area contributed by atoms with Crippen LogP contribution >= 0.6 is 0 Å². The van der Waals surface area contributed by atoms with Crippen LogP contribution < -0.4 is 24.4 Å². The average Bonchev–Trinajstić information content (AvgIpc) is 3.06. The number of hydrogen-bond acceptors (Lipinski definition) is 18. The molecule has 2 fully saturated rings. The summed E-state index contributed by atoms with van der Waals surface area (Å²) >= 11 is 0. The number of phenols is 2. The van der Waals surface area contributed by atoms with E-state index in [1.165, 1.54) is 25.3 Å². The minimum absolute atomic E-state index is 0.0278. The normalized spacial score (nSPS) is 31.0. The Balaban J connectivity index is 1.68. The molecular formula is C29H34O18. The van der Waals surface area contributed by atoms with Crippen molar-refractivity contribution in [3.05, 3.63) is 34.5 Å². The van der Waals surface area contributed by atoms with Crippen molar-refractivity contribution in [3.63, 3.8) is 0 Å². The van der Waals surface area contributed by atoms with Crippen molar-refractivity contribution < 1.29 is 83.9 Å². The lowest BCUT2D eigenvalue weighted by molar-refractivity contribution is -0.277. The molecule has 47 heavy (non-hydrogen) atoms. The van der Waals surface area contributed by atoms with Crippen molar-refractivity contribution in [2.24, 2.45) is 0 Å². The Morgan fingerprint density at radius 1 is 0.681 bits per heavy atom. The average molecular weight is 671 g/mol. The van der Waals surface area contributed by atoms with Gasteiger partial charge in [-0.15, -0.1) is 0 Å². The van der Waals surface area contributed by atoms with E-state index < -0.39 is 108 Å².